The van der Waals surface area contributed by atoms with Gasteiger partial charge in [0.25, 0.3) is 0 Å². The van der Waals surface area contributed by atoms with E-state index in [1.807, 2.05) is 0 Å². The van der Waals surface area contributed by atoms with E-state index < -0.39 is 0 Å². The van der Waals surface area contributed by atoms with Crippen molar-refractivity contribution >= 4 is 5.97 Å². The summed E-state index contributed by atoms with van der Waals surface area (Å²) >= 11 is 0. The minimum atomic E-state index is -0.319. The Morgan fingerprint density at radius 3 is 3.11 bits per heavy atom. The first-order valence-corrected chi connectivity index (χ1v) is 6.83. The van der Waals surface area contributed by atoms with Gasteiger partial charge in [-0.2, -0.15) is 0 Å². The van der Waals surface area contributed by atoms with E-state index in [4.69, 9.17) is 14.9 Å². The van der Waals surface area contributed by atoms with Gasteiger partial charge in [0.05, 0.1) is 19.4 Å². The smallest absolute Gasteiger partial charge is 0.341 e. The maximum Gasteiger partial charge on any atom is 0.341 e. The van der Waals surface area contributed by atoms with Crippen LogP contribution < -0.4 is 5.73 Å². The first kappa shape index (κ1) is 14.1. The molecule has 2 heterocycles. The molecule has 19 heavy (non-hydrogen) atoms. The van der Waals surface area contributed by atoms with Gasteiger partial charge < -0.3 is 14.9 Å². The Morgan fingerprint density at radius 2 is 2.42 bits per heavy atom. The molecule has 2 rings (SSSR count). The molecule has 0 bridgehead atoms. The molecule has 1 aromatic heterocycles. The van der Waals surface area contributed by atoms with Crippen LogP contribution in [0, 0.1) is 5.92 Å². The highest BCUT2D eigenvalue weighted by atomic mass is 16.5. The van der Waals surface area contributed by atoms with Gasteiger partial charge in [-0.05, 0) is 31.9 Å². The van der Waals surface area contributed by atoms with Crippen LogP contribution in [0.3, 0.4) is 0 Å². The van der Waals surface area contributed by atoms with Gasteiger partial charge in [0, 0.05) is 12.6 Å². The van der Waals surface area contributed by atoms with Crippen molar-refractivity contribution in [2.75, 3.05) is 19.7 Å². The highest BCUT2D eigenvalue weighted by Crippen LogP contribution is 2.20. The molecule has 5 nitrogen and oxygen atoms in total. The molecule has 0 saturated carbocycles. The summed E-state index contributed by atoms with van der Waals surface area (Å²) in [6.07, 6.45) is 2.62. The lowest BCUT2D eigenvalue weighted by Gasteiger charge is -2.34. The van der Waals surface area contributed by atoms with Gasteiger partial charge in [-0.25, -0.2) is 4.79 Å². The Balaban J connectivity index is 2.00. The number of hydrogen-bond acceptors (Lipinski definition) is 5. The van der Waals surface area contributed by atoms with E-state index in [1.165, 1.54) is 6.26 Å². The lowest BCUT2D eigenvalue weighted by Crippen LogP contribution is -2.47. The molecule has 2 atom stereocenters. The molecule has 0 amide bonds. The molecule has 1 aliphatic heterocycles. The Morgan fingerprint density at radius 1 is 1.63 bits per heavy atom. The molecule has 2 N–H and O–H groups in total. The first-order chi connectivity index (χ1) is 9.11. The van der Waals surface area contributed by atoms with Gasteiger partial charge in [0.1, 0.15) is 11.3 Å². The van der Waals surface area contributed by atoms with Crippen LogP contribution in [0.5, 0.6) is 0 Å². The number of carbonyl (C=O) groups excluding carboxylic acids is 1. The number of piperidine rings is 1. The number of furan rings is 1. The molecule has 1 aliphatic rings. The van der Waals surface area contributed by atoms with Crippen molar-refractivity contribution in [2.45, 2.75) is 32.9 Å². The molecular weight excluding hydrogens is 244 g/mol. The molecule has 5 heteroatoms. The number of nitrogens with two attached hydrogens (primary N) is 1. The zero-order valence-electron chi connectivity index (χ0n) is 11.6. The normalized spacial score (nSPS) is 24.4. The molecule has 0 radical (unpaired) electrons. The fraction of sp³-hybridized carbons (Fsp3) is 0.643. The second kappa shape index (κ2) is 6.21. The molecule has 1 aromatic rings. The molecular formula is C14H22N2O3. The summed E-state index contributed by atoms with van der Waals surface area (Å²) in [6.45, 7) is 6.78. The summed E-state index contributed by atoms with van der Waals surface area (Å²) in [7, 11) is 0. The van der Waals surface area contributed by atoms with Crippen molar-refractivity contribution in [3.05, 3.63) is 23.7 Å². The topological polar surface area (TPSA) is 68.7 Å². The fourth-order valence-corrected chi connectivity index (χ4v) is 2.37. The van der Waals surface area contributed by atoms with Crippen LogP contribution in [0.4, 0.5) is 0 Å². The standard InChI is InChI=1S/C14H22N2O3/c1-3-18-14(17)11-5-7-19-13(11)9-16-6-4-10(2)12(15)8-16/h5,7,10,12H,3-4,6,8-9,15H2,1-2H3. The predicted molar refractivity (Wildman–Crippen MR) is 71.7 cm³/mol. The molecule has 0 spiro atoms. The number of carbonyl (C=O) groups is 1. The van der Waals surface area contributed by atoms with Crippen LogP contribution in [0.15, 0.2) is 16.7 Å². The van der Waals surface area contributed by atoms with Crippen molar-refractivity contribution in [3.63, 3.8) is 0 Å². The van der Waals surface area contributed by atoms with E-state index in [1.54, 1.807) is 13.0 Å². The SMILES string of the molecule is CCOC(=O)c1ccoc1CN1CCC(C)C(N)C1. The van der Waals surface area contributed by atoms with Gasteiger partial charge in [-0.15, -0.1) is 0 Å². The monoisotopic (exact) mass is 266 g/mol. The lowest BCUT2D eigenvalue weighted by atomic mass is 9.94. The number of rotatable bonds is 4. The summed E-state index contributed by atoms with van der Waals surface area (Å²) < 4.78 is 10.4. The van der Waals surface area contributed by atoms with Crippen LogP contribution >= 0.6 is 0 Å². The molecule has 1 fully saturated rings. The van der Waals surface area contributed by atoms with Crippen molar-refractivity contribution in [3.8, 4) is 0 Å². The Bertz CT molecular complexity index is 430. The fourth-order valence-electron chi connectivity index (χ4n) is 2.37. The van der Waals surface area contributed by atoms with Gasteiger partial charge >= 0.3 is 5.97 Å². The highest BCUT2D eigenvalue weighted by Gasteiger charge is 2.25. The van der Waals surface area contributed by atoms with Crippen molar-refractivity contribution in [2.24, 2.45) is 11.7 Å². The van der Waals surface area contributed by atoms with E-state index in [2.05, 4.69) is 11.8 Å². The Kier molecular flexibility index (Phi) is 4.61. The third kappa shape index (κ3) is 3.36. The Labute approximate surface area is 113 Å². The average Bonchev–Trinajstić information content (AvgIpc) is 2.82. The highest BCUT2D eigenvalue weighted by molar-refractivity contribution is 5.90. The van der Waals surface area contributed by atoms with E-state index in [-0.39, 0.29) is 12.0 Å². The molecule has 0 aliphatic carbocycles. The number of ether oxygens (including phenoxy) is 1. The third-order valence-electron chi connectivity index (χ3n) is 3.71. The van der Waals surface area contributed by atoms with Gasteiger partial charge in [0.2, 0.25) is 0 Å². The van der Waals surface area contributed by atoms with Gasteiger partial charge in [-0.3, -0.25) is 4.90 Å². The summed E-state index contributed by atoms with van der Waals surface area (Å²) in [5, 5.41) is 0. The van der Waals surface area contributed by atoms with Crippen LogP contribution in [-0.2, 0) is 11.3 Å². The minimum Gasteiger partial charge on any atom is -0.467 e. The maximum atomic E-state index is 11.8. The second-order valence-electron chi connectivity index (χ2n) is 5.14. The minimum absolute atomic E-state index is 0.190. The Hall–Kier alpha value is -1.33. The van der Waals surface area contributed by atoms with Crippen LogP contribution in [-0.4, -0.2) is 36.6 Å². The average molecular weight is 266 g/mol. The zero-order chi connectivity index (χ0) is 13.8. The van der Waals surface area contributed by atoms with Crippen LogP contribution in [0.1, 0.15) is 36.4 Å². The van der Waals surface area contributed by atoms with Gasteiger partial charge in [0.15, 0.2) is 0 Å². The number of esters is 1. The maximum absolute atomic E-state index is 11.8. The van der Waals surface area contributed by atoms with Crippen LogP contribution in [0.25, 0.3) is 0 Å². The summed E-state index contributed by atoms with van der Waals surface area (Å²) in [5.41, 5.74) is 6.60. The van der Waals surface area contributed by atoms with E-state index >= 15 is 0 Å². The summed E-state index contributed by atoms with van der Waals surface area (Å²) in [4.78, 5) is 14.0. The molecule has 0 aromatic carbocycles. The summed E-state index contributed by atoms with van der Waals surface area (Å²) in [5.74, 6) is 0.901. The lowest BCUT2D eigenvalue weighted by molar-refractivity contribution is 0.0521. The quantitative estimate of drug-likeness (QED) is 0.839. The second-order valence-corrected chi connectivity index (χ2v) is 5.14. The number of hydrogen-bond donors (Lipinski definition) is 1. The largest absolute Gasteiger partial charge is 0.467 e. The first-order valence-electron chi connectivity index (χ1n) is 6.83. The molecule has 1 saturated heterocycles. The molecule has 106 valence electrons. The molecule has 2 unspecified atom stereocenters. The van der Waals surface area contributed by atoms with E-state index in [0.29, 0.717) is 30.4 Å². The summed E-state index contributed by atoms with van der Waals surface area (Å²) in [6, 6.07) is 1.86. The van der Waals surface area contributed by atoms with Gasteiger partial charge in [-0.1, -0.05) is 6.92 Å². The van der Waals surface area contributed by atoms with E-state index in [9.17, 15) is 4.79 Å². The third-order valence-corrected chi connectivity index (χ3v) is 3.71. The van der Waals surface area contributed by atoms with Crippen molar-refractivity contribution < 1.29 is 13.9 Å². The zero-order valence-corrected chi connectivity index (χ0v) is 11.6. The predicted octanol–water partition coefficient (Wildman–Crippen LogP) is 1.63. The van der Waals surface area contributed by atoms with E-state index in [0.717, 1.165) is 19.5 Å². The van der Waals surface area contributed by atoms with Crippen molar-refractivity contribution in [1.82, 2.24) is 4.90 Å². The van der Waals surface area contributed by atoms with Crippen LogP contribution in [0.2, 0.25) is 0 Å². The van der Waals surface area contributed by atoms with Crippen molar-refractivity contribution in [1.29, 1.82) is 0 Å². The number of likely N-dealkylation sites (tertiary alicyclic amines) is 1. The number of nitrogens with zero attached hydrogens (tertiary/aromatic N) is 1.